The number of rotatable bonds is 4. The Bertz CT molecular complexity index is 413. The van der Waals surface area contributed by atoms with Crippen LogP contribution in [0.2, 0.25) is 0 Å². The lowest BCUT2D eigenvalue weighted by molar-refractivity contribution is -0.274. The molecule has 1 atom stereocenters. The minimum atomic E-state index is -4.66. The third-order valence-electron chi connectivity index (χ3n) is 3.21. The molecule has 0 radical (unpaired) electrons. The zero-order chi connectivity index (χ0) is 14.0. The van der Waals surface area contributed by atoms with Crippen molar-refractivity contribution < 1.29 is 23.0 Å². The summed E-state index contributed by atoms with van der Waals surface area (Å²) in [5.41, 5.74) is 0.885. The van der Waals surface area contributed by atoms with Crippen molar-refractivity contribution in [1.29, 1.82) is 0 Å². The first-order valence-corrected chi connectivity index (χ1v) is 6.13. The summed E-state index contributed by atoms with van der Waals surface area (Å²) in [6, 6.07) is 6.11. The normalized spacial score (nSPS) is 24.7. The Morgan fingerprint density at radius 2 is 1.84 bits per heavy atom. The van der Waals surface area contributed by atoms with Crippen molar-refractivity contribution in [2.45, 2.75) is 44.3 Å². The van der Waals surface area contributed by atoms with Crippen LogP contribution in [-0.4, -0.2) is 23.6 Å². The van der Waals surface area contributed by atoms with E-state index in [4.69, 9.17) is 0 Å². The van der Waals surface area contributed by atoms with Gasteiger partial charge in [0.05, 0.1) is 6.10 Å². The summed E-state index contributed by atoms with van der Waals surface area (Å²) >= 11 is 0. The second kappa shape index (κ2) is 5.38. The van der Waals surface area contributed by atoms with Gasteiger partial charge in [-0.3, -0.25) is 0 Å². The molecule has 3 nitrogen and oxygen atoms in total. The number of ether oxygens (including phenoxy) is 1. The Hall–Kier alpha value is -1.27. The number of benzene rings is 1. The van der Waals surface area contributed by atoms with E-state index < -0.39 is 6.36 Å². The SMILES string of the molecule is CC(NC1CC(O)C1)c1ccc(OC(F)(F)F)cc1. The van der Waals surface area contributed by atoms with E-state index >= 15 is 0 Å². The fraction of sp³-hybridized carbons (Fsp3) is 0.538. The van der Waals surface area contributed by atoms with Crippen molar-refractivity contribution >= 4 is 0 Å². The second-order valence-corrected chi connectivity index (χ2v) is 4.83. The molecule has 1 unspecified atom stereocenters. The molecule has 0 spiro atoms. The molecule has 0 saturated heterocycles. The van der Waals surface area contributed by atoms with Crippen LogP contribution in [-0.2, 0) is 0 Å². The minimum Gasteiger partial charge on any atom is -0.406 e. The minimum absolute atomic E-state index is 0.0254. The molecule has 19 heavy (non-hydrogen) atoms. The standard InChI is InChI=1S/C13H16F3NO2/c1-8(17-10-6-11(18)7-10)9-2-4-12(5-3-9)19-13(14,15)16/h2-5,8,10-11,17-18H,6-7H2,1H3. The molecule has 0 aliphatic heterocycles. The van der Waals surface area contributed by atoms with Gasteiger partial charge in [-0.2, -0.15) is 0 Å². The van der Waals surface area contributed by atoms with Crippen molar-refractivity contribution in [2.75, 3.05) is 0 Å². The molecule has 2 rings (SSSR count). The lowest BCUT2D eigenvalue weighted by Crippen LogP contribution is -2.45. The monoisotopic (exact) mass is 275 g/mol. The molecule has 1 aliphatic carbocycles. The van der Waals surface area contributed by atoms with E-state index in [9.17, 15) is 18.3 Å². The number of nitrogens with one attached hydrogen (secondary N) is 1. The first kappa shape index (κ1) is 14.1. The van der Waals surface area contributed by atoms with Crippen LogP contribution in [0.1, 0.15) is 31.4 Å². The van der Waals surface area contributed by atoms with Gasteiger partial charge in [-0.05, 0) is 37.5 Å². The summed E-state index contributed by atoms with van der Waals surface area (Å²) in [6.07, 6.45) is -3.44. The molecule has 6 heteroatoms. The molecule has 0 bridgehead atoms. The van der Waals surface area contributed by atoms with Crippen molar-refractivity contribution in [1.82, 2.24) is 5.32 Å². The molecule has 1 aromatic carbocycles. The van der Waals surface area contributed by atoms with Gasteiger partial charge in [0.15, 0.2) is 0 Å². The average Bonchev–Trinajstić information content (AvgIpc) is 2.25. The Morgan fingerprint density at radius 3 is 2.32 bits per heavy atom. The smallest absolute Gasteiger partial charge is 0.406 e. The van der Waals surface area contributed by atoms with Gasteiger partial charge < -0.3 is 15.2 Å². The summed E-state index contributed by atoms with van der Waals surface area (Å²) in [5, 5.41) is 12.5. The van der Waals surface area contributed by atoms with E-state index in [1.54, 1.807) is 12.1 Å². The highest BCUT2D eigenvalue weighted by Crippen LogP contribution is 2.26. The third kappa shape index (κ3) is 4.11. The molecule has 0 aromatic heterocycles. The zero-order valence-corrected chi connectivity index (χ0v) is 10.4. The average molecular weight is 275 g/mol. The van der Waals surface area contributed by atoms with Crippen LogP contribution in [0.15, 0.2) is 24.3 Å². The highest BCUT2D eigenvalue weighted by atomic mass is 19.4. The molecule has 1 aliphatic rings. The highest BCUT2D eigenvalue weighted by Gasteiger charge is 2.31. The number of aliphatic hydroxyl groups is 1. The van der Waals surface area contributed by atoms with E-state index in [0.717, 1.165) is 18.4 Å². The number of hydrogen-bond donors (Lipinski definition) is 2. The van der Waals surface area contributed by atoms with Crippen LogP contribution < -0.4 is 10.1 Å². The maximum atomic E-state index is 12.0. The van der Waals surface area contributed by atoms with E-state index in [0.29, 0.717) is 0 Å². The Balaban J connectivity index is 1.90. The van der Waals surface area contributed by atoms with Gasteiger partial charge in [-0.15, -0.1) is 13.2 Å². The summed E-state index contributed by atoms with van der Waals surface area (Å²) < 4.78 is 39.8. The first-order chi connectivity index (χ1) is 8.83. The second-order valence-electron chi connectivity index (χ2n) is 4.83. The van der Waals surface area contributed by atoms with Crippen LogP contribution in [0.25, 0.3) is 0 Å². The van der Waals surface area contributed by atoms with Crippen molar-refractivity contribution in [2.24, 2.45) is 0 Å². The predicted octanol–water partition coefficient (Wildman–Crippen LogP) is 2.76. The first-order valence-electron chi connectivity index (χ1n) is 6.13. The van der Waals surface area contributed by atoms with Gasteiger partial charge in [0.25, 0.3) is 0 Å². The van der Waals surface area contributed by atoms with E-state index in [1.807, 2.05) is 6.92 Å². The molecule has 106 valence electrons. The topological polar surface area (TPSA) is 41.5 Å². The van der Waals surface area contributed by atoms with Crippen molar-refractivity contribution in [3.63, 3.8) is 0 Å². The van der Waals surface area contributed by atoms with Gasteiger partial charge in [0.1, 0.15) is 5.75 Å². The maximum Gasteiger partial charge on any atom is 0.573 e. The molecular formula is C13H16F3NO2. The Labute approximate surface area is 109 Å². The molecule has 0 heterocycles. The van der Waals surface area contributed by atoms with E-state index in [-0.39, 0.29) is 23.9 Å². The van der Waals surface area contributed by atoms with Crippen LogP contribution in [0, 0.1) is 0 Å². The zero-order valence-electron chi connectivity index (χ0n) is 10.4. The summed E-state index contributed by atoms with van der Waals surface area (Å²) in [7, 11) is 0. The lowest BCUT2D eigenvalue weighted by atomic mass is 9.88. The van der Waals surface area contributed by atoms with Gasteiger partial charge in [-0.1, -0.05) is 12.1 Å². The van der Waals surface area contributed by atoms with Gasteiger partial charge in [0.2, 0.25) is 0 Å². The quantitative estimate of drug-likeness (QED) is 0.887. The number of hydrogen-bond acceptors (Lipinski definition) is 3. The molecule has 1 aromatic rings. The predicted molar refractivity (Wildman–Crippen MR) is 63.7 cm³/mol. The van der Waals surface area contributed by atoms with E-state index in [2.05, 4.69) is 10.1 Å². The summed E-state index contributed by atoms with van der Waals surface area (Å²) in [5.74, 6) is -0.220. The van der Waals surface area contributed by atoms with Crippen molar-refractivity contribution in [3.8, 4) is 5.75 Å². The van der Waals surface area contributed by atoms with Crippen molar-refractivity contribution in [3.05, 3.63) is 29.8 Å². The summed E-state index contributed by atoms with van der Waals surface area (Å²) in [4.78, 5) is 0. The van der Waals surface area contributed by atoms with E-state index in [1.165, 1.54) is 12.1 Å². The molecule has 1 saturated carbocycles. The Kier molecular flexibility index (Phi) is 4.01. The lowest BCUT2D eigenvalue weighted by Gasteiger charge is -2.34. The fourth-order valence-corrected chi connectivity index (χ4v) is 2.13. The van der Waals surface area contributed by atoms with Crippen LogP contribution in [0.3, 0.4) is 0 Å². The molecule has 1 fully saturated rings. The molecular weight excluding hydrogens is 259 g/mol. The van der Waals surface area contributed by atoms with Gasteiger partial charge in [0, 0.05) is 12.1 Å². The number of alkyl halides is 3. The van der Waals surface area contributed by atoms with Gasteiger partial charge >= 0.3 is 6.36 Å². The number of aliphatic hydroxyl groups excluding tert-OH is 1. The maximum absolute atomic E-state index is 12.0. The van der Waals surface area contributed by atoms with Crippen LogP contribution in [0.4, 0.5) is 13.2 Å². The fourth-order valence-electron chi connectivity index (χ4n) is 2.13. The van der Waals surface area contributed by atoms with Crippen LogP contribution in [0.5, 0.6) is 5.75 Å². The highest BCUT2D eigenvalue weighted by molar-refractivity contribution is 5.29. The largest absolute Gasteiger partial charge is 0.573 e. The summed E-state index contributed by atoms with van der Waals surface area (Å²) in [6.45, 7) is 1.93. The van der Waals surface area contributed by atoms with Crippen LogP contribution >= 0.6 is 0 Å². The third-order valence-corrected chi connectivity index (χ3v) is 3.21. The molecule has 0 amide bonds. The van der Waals surface area contributed by atoms with Gasteiger partial charge in [-0.25, -0.2) is 0 Å². The number of halogens is 3. The Morgan fingerprint density at radius 1 is 1.26 bits per heavy atom. The molecule has 2 N–H and O–H groups in total.